The van der Waals surface area contributed by atoms with Crippen molar-refractivity contribution in [3.8, 4) is 5.75 Å². The van der Waals surface area contributed by atoms with Crippen LogP contribution < -0.4 is 10.1 Å². The van der Waals surface area contributed by atoms with E-state index in [1.165, 1.54) is 13.3 Å². The molecule has 0 bridgehead atoms. The molecule has 1 N–H and O–H groups in total. The lowest BCUT2D eigenvalue weighted by Gasteiger charge is -2.29. The smallest absolute Gasteiger partial charge is 0.346 e. The van der Waals surface area contributed by atoms with Gasteiger partial charge in [0.2, 0.25) is 0 Å². The standard InChI is InChI=1S/C24H25N3O5/c1-31-21(28)19-9-5-18(6-10-19)16-32-20-11-7-17(8-12-20)15-25-27-22(29)24(26-23(27)30)13-3-2-4-14-24/h5-12,15H,2-4,13-14,16H2,1H3,(H,26,30). The Hall–Kier alpha value is -3.68. The Labute approximate surface area is 186 Å². The summed E-state index contributed by atoms with van der Waals surface area (Å²) in [4.78, 5) is 36.5. The number of imide groups is 1. The lowest BCUT2D eigenvalue weighted by molar-refractivity contribution is -0.132. The lowest BCUT2D eigenvalue weighted by Crippen LogP contribution is -2.48. The molecule has 8 heteroatoms. The number of amides is 3. The van der Waals surface area contributed by atoms with Crippen LogP contribution in [0.4, 0.5) is 4.79 Å². The molecule has 1 aliphatic heterocycles. The molecule has 0 aromatic heterocycles. The summed E-state index contributed by atoms with van der Waals surface area (Å²) in [5, 5.41) is 7.90. The van der Waals surface area contributed by atoms with Crippen LogP contribution in [0.25, 0.3) is 0 Å². The van der Waals surface area contributed by atoms with Gasteiger partial charge >= 0.3 is 12.0 Å². The van der Waals surface area contributed by atoms with Crippen LogP contribution >= 0.6 is 0 Å². The van der Waals surface area contributed by atoms with E-state index in [1.807, 2.05) is 12.1 Å². The monoisotopic (exact) mass is 435 g/mol. The predicted octanol–water partition coefficient (Wildman–Crippen LogP) is 3.64. The molecular weight excluding hydrogens is 410 g/mol. The number of hydrogen-bond donors (Lipinski definition) is 1. The summed E-state index contributed by atoms with van der Waals surface area (Å²) in [6, 6.07) is 13.7. The average molecular weight is 435 g/mol. The number of carbonyl (C=O) groups excluding carboxylic acids is 3. The summed E-state index contributed by atoms with van der Waals surface area (Å²) in [6.07, 6.45) is 5.78. The number of nitrogens with one attached hydrogen (secondary N) is 1. The van der Waals surface area contributed by atoms with E-state index in [0.29, 0.717) is 30.8 Å². The normalized spacial score (nSPS) is 17.6. The van der Waals surface area contributed by atoms with Crippen molar-refractivity contribution in [3.05, 3.63) is 65.2 Å². The van der Waals surface area contributed by atoms with Crippen molar-refractivity contribution < 1.29 is 23.9 Å². The summed E-state index contributed by atoms with van der Waals surface area (Å²) in [7, 11) is 1.35. The topological polar surface area (TPSA) is 97.3 Å². The minimum Gasteiger partial charge on any atom is -0.489 e. The van der Waals surface area contributed by atoms with Gasteiger partial charge in [-0.25, -0.2) is 9.59 Å². The van der Waals surface area contributed by atoms with Gasteiger partial charge in [0.25, 0.3) is 5.91 Å². The number of methoxy groups -OCH3 is 1. The number of hydrogen-bond acceptors (Lipinski definition) is 6. The van der Waals surface area contributed by atoms with Gasteiger partial charge in [-0.05, 0) is 60.4 Å². The molecule has 2 fully saturated rings. The maximum absolute atomic E-state index is 12.7. The number of ether oxygens (including phenoxy) is 2. The Bertz CT molecular complexity index is 1020. The Balaban J connectivity index is 1.33. The number of carbonyl (C=O) groups is 3. The predicted molar refractivity (Wildman–Crippen MR) is 117 cm³/mol. The molecule has 32 heavy (non-hydrogen) atoms. The summed E-state index contributed by atoms with van der Waals surface area (Å²) >= 11 is 0. The van der Waals surface area contributed by atoms with E-state index >= 15 is 0 Å². The average Bonchev–Trinajstić information content (AvgIpc) is 3.05. The number of rotatable bonds is 6. The van der Waals surface area contributed by atoms with Crippen LogP contribution in [-0.2, 0) is 16.1 Å². The molecule has 166 valence electrons. The molecule has 1 heterocycles. The van der Waals surface area contributed by atoms with Crippen LogP contribution in [0.1, 0.15) is 53.6 Å². The van der Waals surface area contributed by atoms with E-state index < -0.39 is 11.6 Å². The van der Waals surface area contributed by atoms with Crippen molar-refractivity contribution in [2.24, 2.45) is 5.10 Å². The molecule has 3 amide bonds. The van der Waals surface area contributed by atoms with Gasteiger partial charge in [0, 0.05) is 0 Å². The first kappa shape index (κ1) is 21.5. The SMILES string of the molecule is COC(=O)c1ccc(COc2ccc(C=NN3C(=O)NC4(CCCCC4)C3=O)cc2)cc1. The molecule has 1 aliphatic carbocycles. The van der Waals surface area contributed by atoms with Gasteiger partial charge in [-0.15, -0.1) is 5.01 Å². The fourth-order valence-electron chi connectivity index (χ4n) is 4.00. The van der Waals surface area contributed by atoms with Gasteiger partial charge in [0.05, 0.1) is 18.9 Å². The fraction of sp³-hybridized carbons (Fsp3) is 0.333. The van der Waals surface area contributed by atoms with Crippen LogP contribution in [0.2, 0.25) is 0 Å². The molecule has 1 spiro atoms. The van der Waals surface area contributed by atoms with E-state index in [2.05, 4.69) is 15.2 Å². The second-order valence-electron chi connectivity index (χ2n) is 7.98. The van der Waals surface area contributed by atoms with Crippen molar-refractivity contribution >= 4 is 24.1 Å². The summed E-state index contributed by atoms with van der Waals surface area (Å²) in [5.41, 5.74) is 1.36. The number of hydrazone groups is 1. The minimum absolute atomic E-state index is 0.267. The quantitative estimate of drug-likeness (QED) is 0.424. The van der Waals surface area contributed by atoms with Gasteiger partial charge in [-0.1, -0.05) is 31.4 Å². The molecule has 1 saturated carbocycles. The highest BCUT2D eigenvalue weighted by atomic mass is 16.5. The molecule has 1 saturated heterocycles. The van der Waals surface area contributed by atoms with Crippen molar-refractivity contribution in [1.29, 1.82) is 0 Å². The van der Waals surface area contributed by atoms with E-state index in [9.17, 15) is 14.4 Å². The third kappa shape index (κ3) is 4.49. The van der Waals surface area contributed by atoms with E-state index in [0.717, 1.165) is 35.4 Å². The molecule has 4 rings (SSSR count). The first-order valence-electron chi connectivity index (χ1n) is 10.6. The number of esters is 1. The summed E-state index contributed by atoms with van der Waals surface area (Å²) in [6.45, 7) is 0.347. The van der Waals surface area contributed by atoms with Crippen LogP contribution in [0.5, 0.6) is 5.75 Å². The summed E-state index contributed by atoms with van der Waals surface area (Å²) in [5.74, 6) is 0.0173. The largest absolute Gasteiger partial charge is 0.489 e. The summed E-state index contributed by atoms with van der Waals surface area (Å²) < 4.78 is 10.5. The van der Waals surface area contributed by atoms with Gasteiger partial charge < -0.3 is 14.8 Å². The minimum atomic E-state index is -0.778. The van der Waals surface area contributed by atoms with E-state index in [1.54, 1.807) is 36.4 Å². The third-order valence-electron chi connectivity index (χ3n) is 5.83. The van der Waals surface area contributed by atoms with E-state index in [-0.39, 0.29) is 11.9 Å². The zero-order chi connectivity index (χ0) is 22.6. The molecule has 2 aromatic carbocycles. The highest BCUT2D eigenvalue weighted by molar-refractivity contribution is 6.07. The van der Waals surface area contributed by atoms with E-state index in [4.69, 9.17) is 4.74 Å². The van der Waals surface area contributed by atoms with Crippen LogP contribution in [0.15, 0.2) is 53.6 Å². The molecule has 0 unspecified atom stereocenters. The Kier molecular flexibility index (Phi) is 6.20. The van der Waals surface area contributed by atoms with Crippen molar-refractivity contribution in [3.63, 3.8) is 0 Å². The maximum atomic E-state index is 12.7. The molecule has 0 radical (unpaired) electrons. The zero-order valence-corrected chi connectivity index (χ0v) is 17.9. The first-order valence-corrected chi connectivity index (χ1v) is 10.6. The van der Waals surface area contributed by atoms with Gasteiger partial charge in [0.15, 0.2) is 0 Å². The molecule has 2 aromatic rings. The van der Waals surface area contributed by atoms with Crippen LogP contribution in [-0.4, -0.2) is 41.8 Å². The number of urea groups is 1. The van der Waals surface area contributed by atoms with Crippen molar-refractivity contribution in [2.75, 3.05) is 7.11 Å². The van der Waals surface area contributed by atoms with Gasteiger partial charge in [-0.3, -0.25) is 4.79 Å². The highest BCUT2D eigenvalue weighted by Gasteiger charge is 2.51. The van der Waals surface area contributed by atoms with Crippen molar-refractivity contribution in [2.45, 2.75) is 44.2 Å². The van der Waals surface area contributed by atoms with Crippen molar-refractivity contribution in [1.82, 2.24) is 10.3 Å². The van der Waals surface area contributed by atoms with Crippen LogP contribution in [0, 0.1) is 0 Å². The Morgan fingerprint density at radius 1 is 1.06 bits per heavy atom. The van der Waals surface area contributed by atoms with Crippen LogP contribution in [0.3, 0.4) is 0 Å². The first-order chi connectivity index (χ1) is 15.5. The Morgan fingerprint density at radius 3 is 2.41 bits per heavy atom. The molecule has 0 atom stereocenters. The van der Waals surface area contributed by atoms with Gasteiger partial charge in [-0.2, -0.15) is 5.10 Å². The molecule has 8 nitrogen and oxygen atoms in total. The highest BCUT2D eigenvalue weighted by Crippen LogP contribution is 2.33. The second kappa shape index (κ2) is 9.21. The molecular formula is C24H25N3O5. The lowest BCUT2D eigenvalue weighted by atomic mass is 9.82. The zero-order valence-electron chi connectivity index (χ0n) is 17.9. The number of benzene rings is 2. The number of nitrogens with zero attached hydrogens (tertiary/aromatic N) is 2. The maximum Gasteiger partial charge on any atom is 0.346 e. The third-order valence-corrected chi connectivity index (χ3v) is 5.83. The molecule has 2 aliphatic rings. The Morgan fingerprint density at radius 2 is 1.75 bits per heavy atom. The van der Waals surface area contributed by atoms with Gasteiger partial charge in [0.1, 0.15) is 17.9 Å². The second-order valence-corrected chi connectivity index (χ2v) is 7.98. The fourth-order valence-corrected chi connectivity index (χ4v) is 4.00.